The maximum absolute atomic E-state index is 12.3. The van der Waals surface area contributed by atoms with E-state index in [1.165, 1.54) is 21.1 Å². The topological polar surface area (TPSA) is 91.4 Å². The minimum Gasteiger partial charge on any atom is -0.497 e. The Labute approximate surface area is 153 Å². The van der Waals surface area contributed by atoms with Crippen molar-refractivity contribution in [1.82, 2.24) is 4.90 Å². The van der Waals surface area contributed by atoms with Crippen LogP contribution in [-0.4, -0.2) is 56.2 Å². The maximum Gasteiger partial charge on any atom is 0.340 e. The maximum atomic E-state index is 12.3. The van der Waals surface area contributed by atoms with E-state index in [4.69, 9.17) is 18.9 Å². The lowest BCUT2D eigenvalue weighted by molar-refractivity contribution is -0.167. The normalized spacial score (nSPS) is 10.2. The van der Waals surface area contributed by atoms with Crippen LogP contribution >= 0.6 is 0 Å². The van der Waals surface area contributed by atoms with Crippen molar-refractivity contribution in [3.63, 3.8) is 0 Å². The molecule has 0 aliphatic carbocycles. The van der Waals surface area contributed by atoms with E-state index >= 15 is 0 Å². The van der Waals surface area contributed by atoms with Gasteiger partial charge >= 0.3 is 11.9 Å². The Bertz CT molecular complexity index is 604. The second-order valence-electron chi connectivity index (χ2n) is 5.27. The average molecular weight is 367 g/mol. The smallest absolute Gasteiger partial charge is 0.340 e. The van der Waals surface area contributed by atoms with Crippen molar-refractivity contribution in [2.75, 3.05) is 27.4 Å². The number of nitrogens with zero attached hydrogens (tertiary/aromatic N) is 1. The van der Waals surface area contributed by atoms with Crippen molar-refractivity contribution in [3.8, 4) is 11.5 Å². The summed E-state index contributed by atoms with van der Waals surface area (Å²) in [5, 5.41) is 0. The van der Waals surface area contributed by atoms with Crippen molar-refractivity contribution in [3.05, 3.63) is 23.8 Å². The predicted octanol–water partition coefficient (Wildman–Crippen LogP) is 1.55. The summed E-state index contributed by atoms with van der Waals surface area (Å²) in [6, 6.07) is 3.57. The summed E-state index contributed by atoms with van der Waals surface area (Å²) in [6.07, 6.45) is 0. The third-order valence-corrected chi connectivity index (χ3v) is 3.50. The van der Waals surface area contributed by atoms with Gasteiger partial charge in [-0.15, -0.1) is 0 Å². The van der Waals surface area contributed by atoms with Gasteiger partial charge in [-0.2, -0.15) is 0 Å². The minimum absolute atomic E-state index is 0.0226. The van der Waals surface area contributed by atoms with E-state index in [-0.39, 0.29) is 19.8 Å². The molecule has 0 radical (unpaired) electrons. The molecular formula is C18H25NO7. The van der Waals surface area contributed by atoms with Crippen LogP contribution in [0.25, 0.3) is 0 Å². The van der Waals surface area contributed by atoms with Crippen LogP contribution in [0, 0.1) is 0 Å². The fourth-order valence-electron chi connectivity index (χ4n) is 2.33. The highest BCUT2D eigenvalue weighted by Gasteiger charge is 2.37. The highest BCUT2D eigenvalue weighted by atomic mass is 16.6. The zero-order chi connectivity index (χ0) is 19.7. The number of carbonyl (C=O) groups is 3. The Kier molecular flexibility index (Phi) is 8.41. The van der Waals surface area contributed by atoms with Gasteiger partial charge in [0.05, 0.1) is 27.4 Å². The highest BCUT2D eigenvalue weighted by molar-refractivity contribution is 6.02. The molecule has 0 saturated carbocycles. The first-order chi connectivity index (χ1) is 12.4. The summed E-state index contributed by atoms with van der Waals surface area (Å²) < 4.78 is 20.3. The van der Waals surface area contributed by atoms with E-state index in [9.17, 15) is 14.4 Å². The number of hydrogen-bond acceptors (Lipinski definition) is 7. The van der Waals surface area contributed by atoms with Gasteiger partial charge < -0.3 is 23.8 Å². The van der Waals surface area contributed by atoms with E-state index in [0.29, 0.717) is 17.1 Å². The van der Waals surface area contributed by atoms with E-state index in [0.717, 1.165) is 4.90 Å². The summed E-state index contributed by atoms with van der Waals surface area (Å²) in [5.74, 6) is -1.11. The Morgan fingerprint density at radius 2 is 1.38 bits per heavy atom. The molecule has 0 aliphatic rings. The molecule has 1 rings (SSSR count). The third-order valence-electron chi connectivity index (χ3n) is 3.50. The van der Waals surface area contributed by atoms with Crippen LogP contribution in [0.1, 0.15) is 26.3 Å². The van der Waals surface area contributed by atoms with Crippen molar-refractivity contribution < 1.29 is 33.3 Å². The first kappa shape index (κ1) is 21.3. The van der Waals surface area contributed by atoms with Crippen molar-refractivity contribution >= 4 is 17.8 Å². The zero-order valence-corrected chi connectivity index (χ0v) is 15.7. The molecule has 144 valence electrons. The molecule has 0 bridgehead atoms. The van der Waals surface area contributed by atoms with Crippen LogP contribution in [0.5, 0.6) is 11.5 Å². The molecule has 0 N–H and O–H groups in total. The van der Waals surface area contributed by atoms with E-state index in [1.54, 1.807) is 32.0 Å². The Morgan fingerprint density at radius 3 is 1.73 bits per heavy atom. The number of ether oxygens (including phenoxy) is 4. The average Bonchev–Trinajstić information content (AvgIpc) is 2.61. The number of methoxy groups -OCH3 is 2. The first-order valence-corrected chi connectivity index (χ1v) is 8.20. The molecule has 26 heavy (non-hydrogen) atoms. The molecule has 0 spiro atoms. The van der Waals surface area contributed by atoms with Gasteiger partial charge in [0, 0.05) is 19.5 Å². The van der Waals surface area contributed by atoms with Gasteiger partial charge in [0.15, 0.2) is 0 Å². The second kappa shape index (κ2) is 10.3. The standard InChI is InChI=1S/C18H25NO7/c1-6-25-17(21)16(18(22)26-7-2)19(12(3)20)11-13-8-14(23-4)10-15(9-13)24-5/h8-10,16H,6-7,11H2,1-5H3. The number of benzene rings is 1. The largest absolute Gasteiger partial charge is 0.497 e. The Hall–Kier alpha value is -2.77. The highest BCUT2D eigenvalue weighted by Crippen LogP contribution is 2.24. The molecule has 1 amide bonds. The lowest BCUT2D eigenvalue weighted by atomic mass is 10.1. The van der Waals surface area contributed by atoms with Crippen LogP contribution in [-0.2, 0) is 30.4 Å². The molecule has 0 unspecified atom stereocenters. The van der Waals surface area contributed by atoms with Gasteiger partial charge in [-0.25, -0.2) is 9.59 Å². The molecule has 0 aromatic heterocycles. The fourth-order valence-corrected chi connectivity index (χ4v) is 2.33. The van der Waals surface area contributed by atoms with Crippen molar-refractivity contribution in [2.24, 2.45) is 0 Å². The van der Waals surface area contributed by atoms with E-state index in [2.05, 4.69) is 0 Å². The number of carbonyl (C=O) groups excluding carboxylic acids is 3. The number of amides is 1. The van der Waals surface area contributed by atoms with Gasteiger partial charge in [-0.1, -0.05) is 0 Å². The zero-order valence-electron chi connectivity index (χ0n) is 15.7. The number of rotatable bonds is 9. The summed E-state index contributed by atoms with van der Waals surface area (Å²) in [5.41, 5.74) is 0.620. The number of esters is 2. The number of hydrogen-bond donors (Lipinski definition) is 0. The molecule has 0 atom stereocenters. The lowest BCUT2D eigenvalue weighted by Crippen LogP contribution is -2.50. The quantitative estimate of drug-likeness (QED) is 0.483. The Balaban J connectivity index is 3.24. The monoisotopic (exact) mass is 367 g/mol. The summed E-state index contributed by atoms with van der Waals surface area (Å²) >= 11 is 0. The molecule has 8 nitrogen and oxygen atoms in total. The Morgan fingerprint density at radius 1 is 0.923 bits per heavy atom. The third kappa shape index (κ3) is 5.65. The molecule has 0 saturated heterocycles. The molecule has 0 heterocycles. The van der Waals surface area contributed by atoms with Crippen LogP contribution in [0.2, 0.25) is 0 Å². The van der Waals surface area contributed by atoms with Crippen LogP contribution < -0.4 is 9.47 Å². The molecular weight excluding hydrogens is 342 g/mol. The van der Waals surface area contributed by atoms with Crippen molar-refractivity contribution in [2.45, 2.75) is 33.4 Å². The lowest BCUT2D eigenvalue weighted by Gasteiger charge is -2.28. The molecule has 0 fully saturated rings. The fraction of sp³-hybridized carbons (Fsp3) is 0.500. The van der Waals surface area contributed by atoms with E-state index in [1.807, 2.05) is 0 Å². The second-order valence-corrected chi connectivity index (χ2v) is 5.27. The summed E-state index contributed by atoms with van der Waals surface area (Å²) in [4.78, 5) is 37.8. The van der Waals surface area contributed by atoms with E-state index < -0.39 is 23.9 Å². The summed E-state index contributed by atoms with van der Waals surface area (Å²) in [7, 11) is 3.00. The SMILES string of the molecule is CCOC(=O)C(C(=O)OCC)N(Cc1cc(OC)cc(OC)c1)C(C)=O. The molecule has 1 aromatic carbocycles. The first-order valence-electron chi connectivity index (χ1n) is 8.20. The van der Waals surface area contributed by atoms with Crippen LogP contribution in [0.15, 0.2) is 18.2 Å². The molecule has 0 aliphatic heterocycles. The van der Waals surface area contributed by atoms with Gasteiger partial charge in [0.25, 0.3) is 0 Å². The molecule has 8 heteroatoms. The molecule has 1 aromatic rings. The van der Waals surface area contributed by atoms with Gasteiger partial charge in [0.2, 0.25) is 11.9 Å². The predicted molar refractivity (Wildman–Crippen MR) is 92.8 cm³/mol. The van der Waals surface area contributed by atoms with Crippen molar-refractivity contribution in [1.29, 1.82) is 0 Å². The van der Waals surface area contributed by atoms with Gasteiger partial charge in [0.1, 0.15) is 11.5 Å². The van der Waals surface area contributed by atoms with Crippen LogP contribution in [0.4, 0.5) is 0 Å². The van der Waals surface area contributed by atoms with Crippen LogP contribution in [0.3, 0.4) is 0 Å². The van der Waals surface area contributed by atoms with Gasteiger partial charge in [-0.05, 0) is 31.5 Å². The summed E-state index contributed by atoms with van der Waals surface area (Å²) in [6.45, 7) is 4.63. The van der Waals surface area contributed by atoms with Gasteiger partial charge in [-0.3, -0.25) is 4.79 Å². The minimum atomic E-state index is -1.48.